The fraction of sp³-hybridized carbons (Fsp3) is 0.500. The molecule has 4 heteroatoms. The third-order valence-electron chi connectivity index (χ3n) is 3.78. The molecule has 1 rings (SSSR count). The fourth-order valence-electron chi connectivity index (χ4n) is 2.22. The molecule has 0 aliphatic carbocycles. The lowest BCUT2D eigenvalue weighted by Crippen LogP contribution is -2.42. The van der Waals surface area contributed by atoms with E-state index in [0.717, 1.165) is 12.0 Å². The Kier molecular flexibility index (Phi) is 6.20. The van der Waals surface area contributed by atoms with Crippen LogP contribution in [0.15, 0.2) is 24.3 Å². The second kappa shape index (κ2) is 7.66. The average Bonchev–Trinajstić information content (AvgIpc) is 2.50. The van der Waals surface area contributed by atoms with Gasteiger partial charge in [-0.15, -0.1) is 0 Å². The zero-order chi connectivity index (χ0) is 15.1. The molecule has 4 nitrogen and oxygen atoms in total. The summed E-state index contributed by atoms with van der Waals surface area (Å²) in [6, 6.07) is 9.10. The molecule has 1 aromatic carbocycles. The van der Waals surface area contributed by atoms with Gasteiger partial charge in [0.1, 0.15) is 0 Å². The summed E-state index contributed by atoms with van der Waals surface area (Å²) in [4.78, 5) is 12.0. The van der Waals surface area contributed by atoms with Gasteiger partial charge in [0.05, 0.1) is 24.7 Å². The molecule has 0 fully saturated rings. The number of ether oxygens (including phenoxy) is 1. The van der Waals surface area contributed by atoms with Gasteiger partial charge in [0.25, 0.3) is 0 Å². The van der Waals surface area contributed by atoms with Crippen molar-refractivity contribution in [3.05, 3.63) is 35.4 Å². The lowest BCUT2D eigenvalue weighted by molar-refractivity contribution is -0.146. The van der Waals surface area contributed by atoms with Gasteiger partial charge >= 0.3 is 5.97 Å². The van der Waals surface area contributed by atoms with Crippen LogP contribution in [0.3, 0.4) is 0 Å². The second-order valence-electron chi connectivity index (χ2n) is 5.11. The molecule has 2 N–H and O–H groups in total. The molecule has 0 bridgehead atoms. The highest BCUT2D eigenvalue weighted by Gasteiger charge is 2.29. The van der Waals surface area contributed by atoms with E-state index in [0.29, 0.717) is 12.0 Å². The first-order valence-corrected chi connectivity index (χ1v) is 6.85. The minimum atomic E-state index is -0.385. The second-order valence-corrected chi connectivity index (χ2v) is 5.11. The number of nitrogens with zero attached hydrogens (tertiary/aromatic N) is 1. The smallest absolute Gasteiger partial charge is 0.310 e. The van der Waals surface area contributed by atoms with Crippen molar-refractivity contribution in [3.63, 3.8) is 0 Å². The summed E-state index contributed by atoms with van der Waals surface area (Å²) in [7, 11) is 1.38. The first-order valence-electron chi connectivity index (χ1n) is 6.85. The molecule has 0 amide bonds. The maximum atomic E-state index is 12.0. The van der Waals surface area contributed by atoms with Crippen LogP contribution in [0.1, 0.15) is 31.4 Å². The molecule has 0 aromatic heterocycles. The van der Waals surface area contributed by atoms with Crippen LogP contribution in [0.5, 0.6) is 0 Å². The van der Waals surface area contributed by atoms with Crippen LogP contribution in [-0.4, -0.2) is 19.1 Å². The van der Waals surface area contributed by atoms with Gasteiger partial charge in [-0.1, -0.05) is 32.4 Å². The van der Waals surface area contributed by atoms with Crippen LogP contribution < -0.4 is 5.73 Å². The van der Waals surface area contributed by atoms with Gasteiger partial charge < -0.3 is 10.5 Å². The van der Waals surface area contributed by atoms with Crippen LogP contribution in [0.2, 0.25) is 0 Å². The quantitative estimate of drug-likeness (QED) is 0.807. The van der Waals surface area contributed by atoms with Crippen LogP contribution >= 0.6 is 0 Å². The Hall–Kier alpha value is -1.86. The van der Waals surface area contributed by atoms with Gasteiger partial charge in [0.2, 0.25) is 0 Å². The fourth-order valence-corrected chi connectivity index (χ4v) is 2.22. The molecule has 0 aliphatic heterocycles. The Morgan fingerprint density at radius 1 is 1.50 bits per heavy atom. The number of carbonyl (C=O) groups is 1. The molecule has 3 atom stereocenters. The molecule has 0 aliphatic rings. The predicted molar refractivity (Wildman–Crippen MR) is 77.8 cm³/mol. The minimum Gasteiger partial charge on any atom is -0.469 e. The van der Waals surface area contributed by atoms with E-state index >= 15 is 0 Å². The highest BCUT2D eigenvalue weighted by atomic mass is 16.5. The molecule has 108 valence electrons. The Balaban J connectivity index is 2.95. The van der Waals surface area contributed by atoms with E-state index in [-0.39, 0.29) is 23.8 Å². The van der Waals surface area contributed by atoms with E-state index in [9.17, 15) is 4.79 Å². The number of rotatable bonds is 6. The molecule has 0 radical (unpaired) electrons. The number of carbonyl (C=O) groups excluding carboxylic acids is 1. The van der Waals surface area contributed by atoms with E-state index in [1.807, 2.05) is 19.1 Å². The summed E-state index contributed by atoms with van der Waals surface area (Å²) in [5, 5.41) is 8.92. The average molecular weight is 274 g/mol. The Bertz CT molecular complexity index is 493. The standard InChI is InChI=1S/C16H22N2O2/c1-4-11(2)15(18)14(16(19)20-3)9-12-6-5-7-13(8-12)10-17/h5-8,11,14-15H,4,9,18H2,1-3H3. The van der Waals surface area contributed by atoms with Crippen LogP contribution in [0, 0.1) is 23.2 Å². The van der Waals surface area contributed by atoms with Crippen molar-refractivity contribution in [2.75, 3.05) is 7.11 Å². The van der Waals surface area contributed by atoms with Crippen molar-refractivity contribution in [1.29, 1.82) is 5.26 Å². The van der Waals surface area contributed by atoms with E-state index in [4.69, 9.17) is 15.7 Å². The molecule has 20 heavy (non-hydrogen) atoms. The molecule has 0 saturated carbocycles. The zero-order valence-electron chi connectivity index (χ0n) is 12.3. The molecular weight excluding hydrogens is 252 g/mol. The number of esters is 1. The van der Waals surface area contributed by atoms with Gasteiger partial charge in [-0.05, 0) is 30.0 Å². The van der Waals surface area contributed by atoms with E-state index in [2.05, 4.69) is 13.0 Å². The maximum absolute atomic E-state index is 12.0. The third kappa shape index (κ3) is 4.07. The van der Waals surface area contributed by atoms with Crippen molar-refractivity contribution < 1.29 is 9.53 Å². The van der Waals surface area contributed by atoms with Gasteiger partial charge in [-0.25, -0.2) is 0 Å². The lowest BCUT2D eigenvalue weighted by Gasteiger charge is -2.26. The molecule has 1 aromatic rings. The van der Waals surface area contributed by atoms with Crippen molar-refractivity contribution in [1.82, 2.24) is 0 Å². The number of nitrogens with two attached hydrogens (primary N) is 1. The van der Waals surface area contributed by atoms with Gasteiger partial charge in [0.15, 0.2) is 0 Å². The Labute approximate surface area is 120 Å². The topological polar surface area (TPSA) is 76.1 Å². The van der Waals surface area contributed by atoms with Gasteiger partial charge in [-0.3, -0.25) is 4.79 Å². The van der Waals surface area contributed by atoms with E-state index in [1.165, 1.54) is 7.11 Å². The van der Waals surface area contributed by atoms with Gasteiger partial charge in [-0.2, -0.15) is 5.26 Å². The SMILES string of the molecule is CCC(C)C(N)C(Cc1cccc(C#N)c1)C(=O)OC. The normalized spacial score (nSPS) is 14.9. The van der Waals surface area contributed by atoms with Crippen molar-refractivity contribution >= 4 is 5.97 Å². The number of benzene rings is 1. The number of hydrogen-bond acceptors (Lipinski definition) is 4. The Morgan fingerprint density at radius 3 is 2.75 bits per heavy atom. The van der Waals surface area contributed by atoms with Crippen LogP contribution in [-0.2, 0) is 16.0 Å². The summed E-state index contributed by atoms with van der Waals surface area (Å²) < 4.78 is 4.87. The highest BCUT2D eigenvalue weighted by molar-refractivity contribution is 5.73. The first kappa shape index (κ1) is 16.2. The summed E-state index contributed by atoms with van der Waals surface area (Å²) in [6.07, 6.45) is 1.40. The summed E-state index contributed by atoms with van der Waals surface area (Å²) in [5.74, 6) is -0.442. The van der Waals surface area contributed by atoms with E-state index < -0.39 is 0 Å². The third-order valence-corrected chi connectivity index (χ3v) is 3.78. The molecular formula is C16H22N2O2. The maximum Gasteiger partial charge on any atom is 0.310 e. The predicted octanol–water partition coefficient (Wildman–Crippen LogP) is 2.26. The minimum absolute atomic E-state index is 0.234. The molecule has 0 saturated heterocycles. The first-order chi connectivity index (χ1) is 9.53. The summed E-state index contributed by atoms with van der Waals surface area (Å²) in [5.41, 5.74) is 7.72. The van der Waals surface area contributed by atoms with Crippen molar-refractivity contribution in [2.24, 2.45) is 17.6 Å². The largest absolute Gasteiger partial charge is 0.469 e. The lowest BCUT2D eigenvalue weighted by atomic mass is 9.84. The van der Waals surface area contributed by atoms with Gasteiger partial charge in [0, 0.05) is 6.04 Å². The van der Waals surface area contributed by atoms with Crippen LogP contribution in [0.25, 0.3) is 0 Å². The van der Waals surface area contributed by atoms with Crippen molar-refractivity contribution in [2.45, 2.75) is 32.7 Å². The monoisotopic (exact) mass is 274 g/mol. The molecule has 0 heterocycles. The van der Waals surface area contributed by atoms with Crippen molar-refractivity contribution in [3.8, 4) is 6.07 Å². The highest BCUT2D eigenvalue weighted by Crippen LogP contribution is 2.20. The molecule has 0 spiro atoms. The number of hydrogen-bond donors (Lipinski definition) is 1. The molecule has 3 unspecified atom stereocenters. The van der Waals surface area contributed by atoms with E-state index in [1.54, 1.807) is 12.1 Å². The number of methoxy groups -OCH3 is 1. The zero-order valence-corrected chi connectivity index (χ0v) is 12.3. The Morgan fingerprint density at radius 2 is 2.20 bits per heavy atom. The summed E-state index contributed by atoms with van der Waals surface area (Å²) in [6.45, 7) is 4.08. The van der Waals surface area contributed by atoms with Crippen LogP contribution in [0.4, 0.5) is 0 Å². The summed E-state index contributed by atoms with van der Waals surface area (Å²) >= 11 is 0. The number of nitriles is 1.